The van der Waals surface area contributed by atoms with E-state index < -0.39 is 12.0 Å². The molecule has 0 aliphatic carbocycles. The minimum atomic E-state index is -0.658. The summed E-state index contributed by atoms with van der Waals surface area (Å²) in [5, 5.41) is 0. The maximum atomic E-state index is 14.0. The number of benzene rings is 3. The third-order valence-electron chi connectivity index (χ3n) is 7.22. The van der Waals surface area contributed by atoms with E-state index >= 15 is 0 Å². The number of nitrogens with zero attached hydrogens (tertiary/aromatic N) is 2. The van der Waals surface area contributed by atoms with Crippen molar-refractivity contribution in [2.75, 3.05) is 20.5 Å². The molecule has 0 saturated heterocycles. The third kappa shape index (κ3) is 5.65. The van der Waals surface area contributed by atoms with Crippen molar-refractivity contribution < 1.29 is 28.5 Å². The number of allylic oxidation sites excluding steroid dienone is 1. The summed E-state index contributed by atoms with van der Waals surface area (Å²) in [6.45, 7) is 4.74. The topological polar surface area (TPSA) is 97.6 Å². The van der Waals surface area contributed by atoms with Crippen molar-refractivity contribution in [2.24, 2.45) is 4.99 Å². The van der Waals surface area contributed by atoms with Gasteiger partial charge in [-0.15, -0.1) is 0 Å². The minimum Gasteiger partial charge on any atom is -0.490 e. The lowest BCUT2D eigenvalue weighted by atomic mass is 9.95. The summed E-state index contributed by atoms with van der Waals surface area (Å²) in [6.07, 6.45) is 2.31. The lowest BCUT2D eigenvalue weighted by Crippen LogP contribution is -2.40. The molecule has 2 aliphatic heterocycles. The van der Waals surface area contributed by atoms with Gasteiger partial charge in [-0.3, -0.25) is 9.36 Å². The SMILES string of the molecule is CCOc1cc(/C=c2\sc3n(c2=O)[C@@H](c2ccccc2)C(C(=O)OC)=C(CC)N=3)cc(Br)c1OCc1ccc2c(c1)OCO2. The number of thiazole rings is 1. The highest BCUT2D eigenvalue weighted by Gasteiger charge is 2.33. The number of rotatable bonds is 9. The minimum absolute atomic E-state index is 0.207. The van der Waals surface area contributed by atoms with Gasteiger partial charge in [-0.1, -0.05) is 54.7 Å². The Morgan fingerprint density at radius 3 is 2.64 bits per heavy atom. The molecule has 226 valence electrons. The van der Waals surface area contributed by atoms with E-state index in [1.54, 1.807) is 10.6 Å². The van der Waals surface area contributed by atoms with Crippen LogP contribution in [0.15, 0.2) is 86.2 Å². The number of hydrogen-bond donors (Lipinski definition) is 0. The Labute approximate surface area is 265 Å². The highest BCUT2D eigenvalue weighted by atomic mass is 79.9. The molecule has 9 nitrogen and oxygen atoms in total. The van der Waals surface area contributed by atoms with Crippen LogP contribution in [0.5, 0.6) is 23.0 Å². The Bertz CT molecular complexity index is 1950. The van der Waals surface area contributed by atoms with Gasteiger partial charge >= 0.3 is 5.97 Å². The summed E-state index contributed by atoms with van der Waals surface area (Å²) >= 11 is 4.92. The second-order valence-corrected chi connectivity index (χ2v) is 11.8. The summed E-state index contributed by atoms with van der Waals surface area (Å²) in [6, 6.07) is 18.2. The summed E-state index contributed by atoms with van der Waals surface area (Å²) < 4.78 is 30.9. The van der Waals surface area contributed by atoms with Crippen molar-refractivity contribution in [3.05, 3.63) is 113 Å². The average molecular weight is 678 g/mol. The number of fused-ring (bicyclic) bond motifs is 2. The molecule has 0 bridgehead atoms. The van der Waals surface area contributed by atoms with E-state index in [0.717, 1.165) is 16.7 Å². The first-order chi connectivity index (χ1) is 21.4. The molecule has 0 radical (unpaired) electrons. The molecular weight excluding hydrogens is 648 g/mol. The zero-order valence-electron chi connectivity index (χ0n) is 24.3. The maximum Gasteiger partial charge on any atom is 0.338 e. The molecule has 2 aliphatic rings. The highest BCUT2D eigenvalue weighted by molar-refractivity contribution is 9.10. The molecule has 0 fully saturated rings. The summed E-state index contributed by atoms with van der Waals surface area (Å²) in [5.41, 5.74) is 3.16. The lowest BCUT2D eigenvalue weighted by Gasteiger charge is -2.25. The number of hydrogen-bond acceptors (Lipinski definition) is 9. The number of halogens is 1. The van der Waals surface area contributed by atoms with Gasteiger partial charge in [0.05, 0.1) is 40.0 Å². The number of esters is 1. The van der Waals surface area contributed by atoms with Gasteiger partial charge in [0.15, 0.2) is 27.8 Å². The van der Waals surface area contributed by atoms with Crippen molar-refractivity contribution in [3.63, 3.8) is 0 Å². The van der Waals surface area contributed by atoms with Crippen LogP contribution in [0.2, 0.25) is 0 Å². The number of carbonyl (C=O) groups excluding carboxylic acids is 1. The molecule has 11 heteroatoms. The van der Waals surface area contributed by atoms with E-state index in [2.05, 4.69) is 15.9 Å². The van der Waals surface area contributed by atoms with E-state index in [1.807, 2.05) is 74.5 Å². The largest absolute Gasteiger partial charge is 0.490 e. The first-order valence-corrected chi connectivity index (χ1v) is 15.7. The molecule has 4 aromatic rings. The molecule has 0 saturated carbocycles. The summed E-state index contributed by atoms with van der Waals surface area (Å²) in [7, 11) is 1.34. The normalized spacial score (nSPS) is 15.5. The van der Waals surface area contributed by atoms with Gasteiger partial charge in [0.1, 0.15) is 6.61 Å². The fraction of sp³-hybridized carbons (Fsp3) is 0.242. The van der Waals surface area contributed by atoms with Crippen LogP contribution < -0.4 is 33.8 Å². The molecule has 44 heavy (non-hydrogen) atoms. The first kappa shape index (κ1) is 29.7. The Morgan fingerprint density at radius 1 is 1.09 bits per heavy atom. The van der Waals surface area contributed by atoms with E-state index in [1.165, 1.54) is 18.4 Å². The molecule has 0 amide bonds. The van der Waals surface area contributed by atoms with Crippen LogP contribution in [0, 0.1) is 0 Å². The fourth-order valence-electron chi connectivity index (χ4n) is 5.23. The molecular formula is C33H29BrN2O7S. The molecule has 0 unspecified atom stereocenters. The lowest BCUT2D eigenvalue weighted by molar-refractivity contribution is -0.136. The van der Waals surface area contributed by atoms with Crippen molar-refractivity contribution in [3.8, 4) is 23.0 Å². The molecule has 1 atom stereocenters. The third-order valence-corrected chi connectivity index (χ3v) is 8.79. The number of carbonyl (C=O) groups is 1. The van der Waals surface area contributed by atoms with Crippen molar-refractivity contribution >= 4 is 39.3 Å². The average Bonchev–Trinajstić information content (AvgIpc) is 3.63. The zero-order valence-corrected chi connectivity index (χ0v) is 26.7. The summed E-state index contributed by atoms with van der Waals surface area (Å²) in [4.78, 5) is 32.2. The molecule has 3 heterocycles. The number of methoxy groups -OCH3 is 1. The van der Waals surface area contributed by atoms with Gasteiger partial charge in [-0.05, 0) is 76.3 Å². The van der Waals surface area contributed by atoms with Crippen LogP contribution in [-0.4, -0.2) is 31.0 Å². The predicted molar refractivity (Wildman–Crippen MR) is 169 cm³/mol. The number of ether oxygens (including phenoxy) is 5. The molecule has 0 N–H and O–H groups in total. The smallest absolute Gasteiger partial charge is 0.338 e. The van der Waals surface area contributed by atoms with E-state index in [9.17, 15) is 9.59 Å². The Morgan fingerprint density at radius 2 is 1.89 bits per heavy atom. The predicted octanol–water partition coefficient (Wildman–Crippen LogP) is 5.27. The standard InChI is InChI=1S/C33H29BrN2O7S/c1-4-23-28(32(38)39-3)29(21-9-7-6-8-10-21)36-31(37)27(44-33(36)35-23)16-20-13-22(34)30(26(15-20)40-5-2)41-17-19-11-12-24-25(14-19)43-18-42-24/h6-16,29H,4-5,17-18H2,1-3H3/b27-16-/t29-/m0/s1. The second-order valence-electron chi connectivity index (χ2n) is 9.94. The van der Waals surface area contributed by atoms with Crippen molar-refractivity contribution in [2.45, 2.75) is 32.9 Å². The second kappa shape index (κ2) is 12.7. The van der Waals surface area contributed by atoms with Gasteiger partial charge < -0.3 is 23.7 Å². The van der Waals surface area contributed by atoms with Gasteiger partial charge in [-0.2, -0.15) is 0 Å². The maximum absolute atomic E-state index is 14.0. The van der Waals surface area contributed by atoms with Gasteiger partial charge in [0.2, 0.25) is 6.79 Å². The van der Waals surface area contributed by atoms with E-state index in [0.29, 0.717) is 61.1 Å². The Kier molecular flexibility index (Phi) is 8.58. The van der Waals surface area contributed by atoms with E-state index in [4.69, 9.17) is 28.7 Å². The zero-order chi connectivity index (χ0) is 30.8. The van der Waals surface area contributed by atoms with Gasteiger partial charge in [0.25, 0.3) is 5.56 Å². The summed E-state index contributed by atoms with van der Waals surface area (Å²) in [5.74, 6) is 1.97. The monoisotopic (exact) mass is 676 g/mol. The van der Waals surface area contributed by atoms with Crippen LogP contribution in [0.3, 0.4) is 0 Å². The highest BCUT2D eigenvalue weighted by Crippen LogP contribution is 2.39. The van der Waals surface area contributed by atoms with Gasteiger partial charge in [-0.25, -0.2) is 9.79 Å². The fourth-order valence-corrected chi connectivity index (χ4v) is 6.82. The number of aromatic nitrogens is 1. The van der Waals surface area contributed by atoms with Gasteiger partial charge in [0, 0.05) is 0 Å². The van der Waals surface area contributed by atoms with Crippen LogP contribution in [0.4, 0.5) is 0 Å². The molecule has 3 aromatic carbocycles. The Hall–Kier alpha value is -4.35. The van der Waals surface area contributed by atoms with E-state index in [-0.39, 0.29) is 19.0 Å². The van der Waals surface area contributed by atoms with Crippen molar-refractivity contribution in [1.82, 2.24) is 4.57 Å². The van der Waals surface area contributed by atoms with Crippen LogP contribution in [-0.2, 0) is 16.1 Å². The first-order valence-electron chi connectivity index (χ1n) is 14.1. The Balaban J connectivity index is 1.39. The molecule has 1 aromatic heterocycles. The van der Waals surface area contributed by atoms with Crippen LogP contribution >= 0.6 is 27.3 Å². The van der Waals surface area contributed by atoms with Crippen LogP contribution in [0.1, 0.15) is 43.0 Å². The quantitative estimate of drug-likeness (QED) is 0.223. The van der Waals surface area contributed by atoms with Crippen LogP contribution in [0.25, 0.3) is 6.08 Å². The van der Waals surface area contributed by atoms with Crippen molar-refractivity contribution in [1.29, 1.82) is 0 Å². The molecule has 6 rings (SSSR count). The molecule has 0 spiro atoms.